The molecule has 1 N–H and O–H groups in total. The molecule has 0 spiro atoms. The maximum absolute atomic E-state index is 14.3. The van der Waals surface area contributed by atoms with Gasteiger partial charge in [-0.15, -0.1) is 0 Å². The second-order valence-corrected chi connectivity index (χ2v) is 4.84. The van der Waals surface area contributed by atoms with E-state index in [0.29, 0.717) is 18.1 Å². The van der Waals surface area contributed by atoms with Gasteiger partial charge in [-0.3, -0.25) is 0 Å². The van der Waals surface area contributed by atoms with Gasteiger partial charge in [0.2, 0.25) is 0 Å². The van der Waals surface area contributed by atoms with Crippen LogP contribution in [-0.2, 0) is 10.8 Å². The standard InChI is InChI=1S/C13H18FNOS/c1-17-16-9-11-3-2-4-12(13(11)14)10-5-7-15-8-6-10/h2-4,10,15H,5-9H2,1H3. The summed E-state index contributed by atoms with van der Waals surface area (Å²) >= 11 is 1.27. The van der Waals surface area contributed by atoms with Gasteiger partial charge in [0.25, 0.3) is 0 Å². The summed E-state index contributed by atoms with van der Waals surface area (Å²) in [6.45, 7) is 2.30. The predicted octanol–water partition coefficient (Wildman–Crippen LogP) is 3.09. The second kappa shape index (κ2) is 6.38. The van der Waals surface area contributed by atoms with Crippen LogP contribution in [0.4, 0.5) is 4.39 Å². The summed E-state index contributed by atoms with van der Waals surface area (Å²) in [5.74, 6) is 0.277. The maximum Gasteiger partial charge on any atom is 0.132 e. The number of nitrogens with one attached hydrogen (secondary N) is 1. The predicted molar refractivity (Wildman–Crippen MR) is 69.5 cm³/mol. The number of hydrogen-bond acceptors (Lipinski definition) is 3. The van der Waals surface area contributed by atoms with E-state index >= 15 is 0 Å². The quantitative estimate of drug-likeness (QED) is 0.835. The summed E-state index contributed by atoms with van der Waals surface area (Å²) in [4.78, 5) is 0. The molecule has 4 heteroatoms. The van der Waals surface area contributed by atoms with E-state index in [1.807, 2.05) is 18.4 Å². The molecule has 1 aromatic rings. The zero-order chi connectivity index (χ0) is 12.1. The van der Waals surface area contributed by atoms with Gasteiger partial charge in [0, 0.05) is 11.8 Å². The maximum atomic E-state index is 14.3. The van der Waals surface area contributed by atoms with E-state index < -0.39 is 0 Å². The number of rotatable bonds is 4. The van der Waals surface area contributed by atoms with Crippen molar-refractivity contribution in [1.29, 1.82) is 0 Å². The molecule has 2 nitrogen and oxygen atoms in total. The zero-order valence-corrected chi connectivity index (χ0v) is 10.9. The summed E-state index contributed by atoms with van der Waals surface area (Å²) in [6.07, 6.45) is 3.88. The minimum absolute atomic E-state index is 0.0755. The average Bonchev–Trinajstić information content (AvgIpc) is 2.39. The highest BCUT2D eigenvalue weighted by molar-refractivity contribution is 7.93. The first-order valence-electron chi connectivity index (χ1n) is 5.96. The largest absolute Gasteiger partial charge is 0.317 e. The molecule has 0 aromatic heterocycles. The van der Waals surface area contributed by atoms with Gasteiger partial charge < -0.3 is 9.50 Å². The average molecular weight is 255 g/mol. The van der Waals surface area contributed by atoms with Crippen molar-refractivity contribution in [1.82, 2.24) is 5.32 Å². The van der Waals surface area contributed by atoms with Crippen molar-refractivity contribution >= 4 is 12.0 Å². The van der Waals surface area contributed by atoms with E-state index in [1.54, 1.807) is 6.07 Å². The molecule has 0 amide bonds. The highest BCUT2D eigenvalue weighted by Crippen LogP contribution is 2.29. The van der Waals surface area contributed by atoms with Crippen LogP contribution in [0.2, 0.25) is 0 Å². The van der Waals surface area contributed by atoms with E-state index in [2.05, 4.69) is 5.32 Å². The molecule has 0 atom stereocenters. The first-order valence-corrected chi connectivity index (χ1v) is 7.11. The number of benzene rings is 1. The second-order valence-electron chi connectivity index (χ2n) is 4.27. The van der Waals surface area contributed by atoms with Gasteiger partial charge in [-0.2, -0.15) is 0 Å². The third kappa shape index (κ3) is 3.21. The van der Waals surface area contributed by atoms with E-state index in [4.69, 9.17) is 4.18 Å². The van der Waals surface area contributed by atoms with E-state index in [-0.39, 0.29) is 5.82 Å². The van der Waals surface area contributed by atoms with E-state index in [1.165, 1.54) is 12.0 Å². The van der Waals surface area contributed by atoms with Gasteiger partial charge in [-0.05, 0) is 49.5 Å². The molecule has 0 bridgehead atoms. The van der Waals surface area contributed by atoms with Gasteiger partial charge in [0.15, 0.2) is 0 Å². The van der Waals surface area contributed by atoms with Crippen molar-refractivity contribution in [3.63, 3.8) is 0 Å². The third-order valence-corrected chi connectivity index (χ3v) is 3.57. The van der Waals surface area contributed by atoms with E-state index in [9.17, 15) is 4.39 Å². The molecule has 0 aliphatic carbocycles. The SMILES string of the molecule is CSOCc1cccc(C2CCNCC2)c1F. The Kier molecular flexibility index (Phi) is 4.83. The van der Waals surface area contributed by atoms with Gasteiger partial charge in [0.05, 0.1) is 6.61 Å². The molecular weight excluding hydrogens is 237 g/mol. The van der Waals surface area contributed by atoms with Gasteiger partial charge in [-0.1, -0.05) is 18.2 Å². The fourth-order valence-corrected chi connectivity index (χ4v) is 2.53. The van der Waals surface area contributed by atoms with Gasteiger partial charge in [-0.25, -0.2) is 4.39 Å². The lowest BCUT2D eigenvalue weighted by molar-refractivity contribution is 0.353. The lowest BCUT2D eigenvalue weighted by Crippen LogP contribution is -2.27. The van der Waals surface area contributed by atoms with Crippen LogP contribution in [0.1, 0.15) is 29.9 Å². The Hall–Kier alpha value is -0.580. The van der Waals surface area contributed by atoms with Gasteiger partial charge >= 0.3 is 0 Å². The molecule has 0 saturated carbocycles. The fraction of sp³-hybridized carbons (Fsp3) is 0.538. The van der Waals surface area contributed by atoms with Crippen LogP contribution < -0.4 is 5.32 Å². The van der Waals surface area contributed by atoms with Crippen LogP contribution in [0.5, 0.6) is 0 Å². The smallest absolute Gasteiger partial charge is 0.132 e. The normalized spacial score (nSPS) is 17.3. The lowest BCUT2D eigenvalue weighted by atomic mass is 9.89. The Balaban J connectivity index is 2.15. The van der Waals surface area contributed by atoms with Crippen molar-refractivity contribution in [2.45, 2.75) is 25.4 Å². The first-order chi connectivity index (χ1) is 8.33. The van der Waals surface area contributed by atoms with Crippen LogP contribution in [0.15, 0.2) is 18.2 Å². The van der Waals surface area contributed by atoms with Crippen LogP contribution >= 0.6 is 12.0 Å². The molecule has 0 radical (unpaired) electrons. The summed E-state index contributed by atoms with van der Waals surface area (Å²) in [6, 6.07) is 5.64. The summed E-state index contributed by atoms with van der Waals surface area (Å²) in [5.41, 5.74) is 1.52. The molecular formula is C13H18FNOS. The zero-order valence-electron chi connectivity index (χ0n) is 10.0. The monoisotopic (exact) mass is 255 g/mol. The Bertz CT molecular complexity index is 366. The van der Waals surface area contributed by atoms with Crippen LogP contribution in [0, 0.1) is 5.82 Å². The van der Waals surface area contributed by atoms with Crippen LogP contribution in [0.25, 0.3) is 0 Å². The molecule has 1 aromatic carbocycles. The molecule has 1 saturated heterocycles. The summed E-state index contributed by atoms with van der Waals surface area (Å²) < 4.78 is 19.5. The molecule has 2 rings (SSSR count). The minimum atomic E-state index is -0.0755. The lowest BCUT2D eigenvalue weighted by Gasteiger charge is -2.24. The molecule has 1 heterocycles. The molecule has 1 fully saturated rings. The number of hydrogen-bond donors (Lipinski definition) is 1. The minimum Gasteiger partial charge on any atom is -0.317 e. The molecule has 94 valence electrons. The summed E-state index contributed by atoms with van der Waals surface area (Å²) in [5, 5.41) is 3.30. The Labute approximate surface area is 106 Å². The van der Waals surface area contributed by atoms with Crippen molar-refractivity contribution in [3.05, 3.63) is 35.1 Å². The van der Waals surface area contributed by atoms with Crippen molar-refractivity contribution in [2.24, 2.45) is 0 Å². The first kappa shape index (κ1) is 12.9. The van der Waals surface area contributed by atoms with Crippen molar-refractivity contribution in [3.8, 4) is 0 Å². The van der Waals surface area contributed by atoms with Crippen molar-refractivity contribution in [2.75, 3.05) is 19.3 Å². The third-order valence-electron chi connectivity index (χ3n) is 3.22. The van der Waals surface area contributed by atoms with Crippen LogP contribution in [0.3, 0.4) is 0 Å². The molecule has 17 heavy (non-hydrogen) atoms. The van der Waals surface area contributed by atoms with Gasteiger partial charge in [0.1, 0.15) is 5.82 Å². The molecule has 0 unspecified atom stereocenters. The summed E-state index contributed by atoms with van der Waals surface area (Å²) in [7, 11) is 0. The fourth-order valence-electron chi connectivity index (χ4n) is 2.28. The molecule has 1 aliphatic heterocycles. The highest BCUT2D eigenvalue weighted by atomic mass is 32.2. The highest BCUT2D eigenvalue weighted by Gasteiger charge is 2.19. The Morgan fingerprint density at radius 3 is 2.88 bits per heavy atom. The Morgan fingerprint density at radius 2 is 2.18 bits per heavy atom. The molecule has 1 aliphatic rings. The van der Waals surface area contributed by atoms with E-state index in [0.717, 1.165) is 31.5 Å². The Morgan fingerprint density at radius 1 is 1.41 bits per heavy atom. The van der Waals surface area contributed by atoms with Crippen molar-refractivity contribution < 1.29 is 8.57 Å². The number of halogens is 1. The topological polar surface area (TPSA) is 21.3 Å². The van der Waals surface area contributed by atoms with Crippen LogP contribution in [-0.4, -0.2) is 19.3 Å². The number of piperidine rings is 1.